The molecule has 194 valence electrons. The molecule has 0 saturated heterocycles. The number of carbonyl (C=O) groups excluding carboxylic acids is 1. The Kier molecular flexibility index (Phi) is 8.45. The largest absolute Gasteiger partial charge is 0.352 e. The number of hydrogen-bond donors (Lipinski definition) is 3. The number of benzene rings is 3. The van der Waals surface area contributed by atoms with E-state index in [9.17, 15) is 9.18 Å². The molecule has 2 heterocycles. The summed E-state index contributed by atoms with van der Waals surface area (Å²) < 4.78 is 14.7. The van der Waals surface area contributed by atoms with E-state index in [-0.39, 0.29) is 19.2 Å². The number of nitrogens with zero attached hydrogens (tertiary/aromatic N) is 3. The summed E-state index contributed by atoms with van der Waals surface area (Å²) in [7, 11) is 0. The number of amides is 1. The van der Waals surface area contributed by atoms with Gasteiger partial charge in [0, 0.05) is 51.3 Å². The first-order valence-electron chi connectivity index (χ1n) is 11.8. The van der Waals surface area contributed by atoms with E-state index < -0.39 is 0 Å². The van der Waals surface area contributed by atoms with Crippen molar-refractivity contribution in [3.63, 3.8) is 0 Å². The molecule has 0 spiro atoms. The topological polar surface area (TPSA) is 105 Å². The summed E-state index contributed by atoms with van der Waals surface area (Å²) in [6.45, 7) is 1.35. The second-order valence-corrected chi connectivity index (χ2v) is 8.94. The Hall–Kier alpha value is -4.14. The lowest BCUT2D eigenvalue weighted by atomic mass is 9.95. The summed E-state index contributed by atoms with van der Waals surface area (Å²) in [6.07, 6.45) is 2.44. The minimum absolute atomic E-state index is 0. The Morgan fingerprint density at radius 2 is 1.82 bits per heavy atom. The first kappa shape index (κ1) is 26.9. The summed E-state index contributed by atoms with van der Waals surface area (Å²) in [5.74, 6) is -0.126. The highest BCUT2D eigenvalue weighted by atomic mass is 35.5. The number of anilines is 2. The lowest BCUT2D eigenvalue weighted by Gasteiger charge is -2.13. The molecular weight excluding hydrogens is 503 g/mol. The molecule has 9 heteroatoms. The molecule has 4 N–H and O–H groups in total. The normalized spacial score (nSPS) is 11.8. The Labute approximate surface area is 226 Å². The molecule has 5 rings (SSSR count). The zero-order chi connectivity index (χ0) is 25.8. The van der Waals surface area contributed by atoms with Crippen molar-refractivity contribution in [2.24, 2.45) is 10.7 Å². The zero-order valence-electron chi connectivity index (χ0n) is 19.8. The van der Waals surface area contributed by atoms with Crippen molar-refractivity contribution >= 4 is 34.9 Å². The molecule has 3 aromatic carbocycles. The fourth-order valence-electron chi connectivity index (χ4n) is 4.11. The molecule has 0 fully saturated rings. The van der Waals surface area contributed by atoms with Crippen LogP contribution in [0.2, 0.25) is 5.02 Å². The summed E-state index contributed by atoms with van der Waals surface area (Å²) in [5, 5.41) is 6.55. The molecule has 0 unspecified atom stereocenters. The number of nitrogens with one attached hydrogen (secondary N) is 2. The third-order valence-electron chi connectivity index (χ3n) is 5.96. The number of aromatic nitrogens is 2. The number of rotatable bonds is 7. The Balaban J connectivity index is 0.00000336. The molecule has 1 amide bonds. The van der Waals surface area contributed by atoms with Gasteiger partial charge in [-0.25, -0.2) is 14.4 Å². The van der Waals surface area contributed by atoms with Crippen LogP contribution in [0, 0.1) is 5.82 Å². The minimum Gasteiger partial charge on any atom is -0.352 e. The van der Waals surface area contributed by atoms with Crippen LogP contribution in [0.3, 0.4) is 0 Å². The Morgan fingerprint density at radius 1 is 1.03 bits per heavy atom. The quantitative estimate of drug-likeness (QED) is 0.264. The first-order valence-corrected chi connectivity index (χ1v) is 12.2. The van der Waals surface area contributed by atoms with Gasteiger partial charge >= 0.3 is 0 Å². The summed E-state index contributed by atoms with van der Waals surface area (Å²) in [4.78, 5) is 26.2. The Bertz CT molecular complexity index is 1490. The van der Waals surface area contributed by atoms with Crippen molar-refractivity contribution in [3.8, 4) is 11.3 Å². The van der Waals surface area contributed by atoms with Crippen molar-refractivity contribution < 1.29 is 9.18 Å². The second-order valence-electron chi connectivity index (χ2n) is 8.50. The predicted molar refractivity (Wildman–Crippen MR) is 151 cm³/mol. The average molecular weight is 531 g/mol. The number of halogens is 2. The Morgan fingerprint density at radius 3 is 2.58 bits per heavy atom. The van der Waals surface area contributed by atoms with Crippen LogP contribution in [0.4, 0.5) is 16.0 Å². The van der Waals surface area contributed by atoms with Crippen LogP contribution < -0.4 is 16.4 Å². The number of aliphatic imine (C=N–C) groups is 1. The van der Waals surface area contributed by atoms with Crippen LogP contribution in [0.15, 0.2) is 77.9 Å². The maximum Gasteiger partial charge on any atom is 0.251 e. The van der Waals surface area contributed by atoms with E-state index >= 15 is 0 Å². The van der Waals surface area contributed by atoms with Crippen molar-refractivity contribution in [1.82, 2.24) is 15.3 Å². The molecular formula is C29H28ClFN6O. The molecule has 0 atom stereocenters. The van der Waals surface area contributed by atoms with Gasteiger partial charge in [0.15, 0.2) is 0 Å². The fourth-order valence-corrected chi connectivity index (χ4v) is 4.28. The van der Waals surface area contributed by atoms with Gasteiger partial charge in [-0.15, -0.1) is 0 Å². The summed E-state index contributed by atoms with van der Waals surface area (Å²) in [6, 6.07) is 19.0. The van der Waals surface area contributed by atoms with Crippen LogP contribution in [0.25, 0.3) is 11.3 Å². The lowest BCUT2D eigenvalue weighted by molar-refractivity contribution is 0.0953. The van der Waals surface area contributed by atoms with Gasteiger partial charge in [0.1, 0.15) is 5.82 Å². The third kappa shape index (κ3) is 5.72. The van der Waals surface area contributed by atoms with E-state index in [1.807, 2.05) is 6.07 Å². The van der Waals surface area contributed by atoms with E-state index in [1.54, 1.807) is 60.8 Å². The highest BCUT2D eigenvalue weighted by Crippen LogP contribution is 2.34. The first-order chi connectivity index (χ1) is 18.0. The van der Waals surface area contributed by atoms with Gasteiger partial charge in [-0.3, -0.25) is 9.79 Å². The smallest absolute Gasteiger partial charge is 0.251 e. The number of nitrogens with two attached hydrogens (primary N) is 1. The molecule has 7 nitrogen and oxygen atoms in total. The molecule has 38 heavy (non-hydrogen) atoms. The lowest BCUT2D eigenvalue weighted by Crippen LogP contribution is -2.25. The molecule has 0 radical (unpaired) electrons. The summed E-state index contributed by atoms with van der Waals surface area (Å²) >= 11 is 6.33. The van der Waals surface area contributed by atoms with Crippen LogP contribution in [0.5, 0.6) is 0 Å². The van der Waals surface area contributed by atoms with Gasteiger partial charge in [0.05, 0.1) is 18.0 Å². The SMILES string of the molecule is C.NCCCNC(=O)c1ccc(Nc2ncc3c(n2)-c2ccc(Cl)cc2C(c2ccccc2F)=NC3)cc1. The fraction of sp³-hybridized carbons (Fsp3) is 0.172. The summed E-state index contributed by atoms with van der Waals surface area (Å²) in [5.41, 5.74) is 10.7. The standard InChI is InChI=1S/C28H24ClFN6O.CH4/c29-19-8-11-21-23(14-19)26(22-4-1-2-5-24(22)30)33-15-18-16-34-28(36-25(18)21)35-20-9-6-17(7-10-20)27(37)32-13-3-12-31;/h1-2,4-11,14,16H,3,12-13,15,31H2,(H,32,37)(H,34,35,36);1H4. The maximum absolute atomic E-state index is 14.7. The maximum atomic E-state index is 14.7. The van der Waals surface area contributed by atoms with Crippen LogP contribution in [-0.4, -0.2) is 34.7 Å². The van der Waals surface area contributed by atoms with Gasteiger partial charge in [0.2, 0.25) is 5.95 Å². The molecule has 0 aliphatic carbocycles. The molecule has 0 saturated carbocycles. The number of hydrogen-bond acceptors (Lipinski definition) is 6. The predicted octanol–water partition coefficient (Wildman–Crippen LogP) is 5.75. The molecule has 1 aliphatic heterocycles. The number of fused-ring (bicyclic) bond motifs is 3. The highest BCUT2D eigenvalue weighted by molar-refractivity contribution is 6.31. The van der Waals surface area contributed by atoms with Gasteiger partial charge in [-0.05, 0) is 61.5 Å². The van der Waals surface area contributed by atoms with Gasteiger partial charge in [0.25, 0.3) is 5.91 Å². The van der Waals surface area contributed by atoms with Crippen molar-refractivity contribution in [2.75, 3.05) is 18.4 Å². The van der Waals surface area contributed by atoms with Crippen LogP contribution >= 0.6 is 11.6 Å². The van der Waals surface area contributed by atoms with E-state index in [4.69, 9.17) is 27.3 Å². The monoisotopic (exact) mass is 530 g/mol. The second kappa shape index (κ2) is 11.9. The van der Waals surface area contributed by atoms with Gasteiger partial charge in [-0.2, -0.15) is 0 Å². The van der Waals surface area contributed by atoms with Crippen LogP contribution in [-0.2, 0) is 6.54 Å². The molecule has 1 aliphatic rings. The van der Waals surface area contributed by atoms with Gasteiger partial charge < -0.3 is 16.4 Å². The number of carbonyl (C=O) groups is 1. The van der Waals surface area contributed by atoms with E-state index in [2.05, 4.69) is 15.6 Å². The van der Waals surface area contributed by atoms with Crippen molar-refractivity contribution in [3.05, 3.63) is 106 Å². The van der Waals surface area contributed by atoms with Crippen molar-refractivity contribution in [2.45, 2.75) is 20.4 Å². The van der Waals surface area contributed by atoms with E-state index in [0.29, 0.717) is 58.7 Å². The van der Waals surface area contributed by atoms with Gasteiger partial charge in [-0.1, -0.05) is 37.2 Å². The van der Waals surface area contributed by atoms with E-state index in [0.717, 1.165) is 23.2 Å². The highest BCUT2D eigenvalue weighted by Gasteiger charge is 2.23. The van der Waals surface area contributed by atoms with Crippen LogP contribution in [0.1, 0.15) is 40.9 Å². The van der Waals surface area contributed by atoms with E-state index in [1.165, 1.54) is 6.07 Å². The minimum atomic E-state index is -0.358. The molecule has 1 aromatic heterocycles. The third-order valence-corrected chi connectivity index (χ3v) is 6.20. The van der Waals surface area contributed by atoms with Crippen molar-refractivity contribution in [1.29, 1.82) is 0 Å². The molecule has 0 bridgehead atoms. The zero-order valence-corrected chi connectivity index (χ0v) is 20.6. The molecule has 4 aromatic rings. The average Bonchev–Trinajstić information content (AvgIpc) is 3.06.